The van der Waals surface area contributed by atoms with Crippen molar-refractivity contribution in [2.45, 2.75) is 203 Å². The van der Waals surface area contributed by atoms with Crippen molar-refractivity contribution in [3.63, 3.8) is 0 Å². The zero-order valence-corrected chi connectivity index (χ0v) is 68.7. The van der Waals surface area contributed by atoms with Gasteiger partial charge < -0.3 is 117 Å². The van der Waals surface area contributed by atoms with Crippen LogP contribution in [-0.2, 0) is 65.5 Å². The number of phenolic OH excluding ortho intramolecular Hbond substituents is 3. The van der Waals surface area contributed by atoms with E-state index < -0.39 is 244 Å². The minimum atomic E-state index is -2.27. The van der Waals surface area contributed by atoms with Crippen molar-refractivity contribution in [1.82, 2.24) is 31.6 Å². The molecule has 7 aromatic rings. The first kappa shape index (κ1) is 90.3. The number of halogens is 2. The van der Waals surface area contributed by atoms with E-state index in [-0.39, 0.29) is 70.7 Å². The first-order valence-corrected chi connectivity index (χ1v) is 40.7. The number of aliphatic carboxylic acids is 1. The molecule has 33 nitrogen and oxygen atoms in total. The number of hydrogen-bond acceptors (Lipinski definition) is 27. The number of aliphatic hydroxyl groups excluding tert-OH is 6. The molecule has 0 radical (unpaired) electrons. The molecule has 2 saturated heterocycles. The van der Waals surface area contributed by atoms with Gasteiger partial charge in [-0.05, 0) is 145 Å². The van der Waals surface area contributed by atoms with Crippen molar-refractivity contribution in [3.05, 3.63) is 176 Å². The van der Waals surface area contributed by atoms with Crippen molar-refractivity contribution < 1.29 is 127 Å². The molecule has 11 bridgehead atoms. The Morgan fingerprint density at radius 1 is 0.721 bits per heavy atom. The molecule has 5 amide bonds. The average molecular weight is 1730 g/mol. The van der Waals surface area contributed by atoms with Crippen molar-refractivity contribution in [3.8, 4) is 62.9 Å². The lowest BCUT2D eigenvalue weighted by Crippen LogP contribution is -2.65. The summed E-state index contributed by atoms with van der Waals surface area (Å²) in [5.74, 6) is -18.8. The second kappa shape index (κ2) is 38.7. The van der Waals surface area contributed by atoms with E-state index in [9.17, 15) is 70.2 Å². The summed E-state index contributed by atoms with van der Waals surface area (Å²) in [4.78, 5) is 137. The molecule has 0 saturated carbocycles. The summed E-state index contributed by atoms with van der Waals surface area (Å²) in [7, 11) is 0. The van der Waals surface area contributed by atoms with Crippen molar-refractivity contribution in [2.24, 2.45) is 23.5 Å². The van der Waals surface area contributed by atoms with E-state index in [0.29, 0.717) is 29.9 Å². The average Bonchev–Trinajstić information content (AvgIpc) is 0.760. The van der Waals surface area contributed by atoms with E-state index in [1.165, 1.54) is 36.7 Å². The number of pyridine rings is 1. The third-order valence-electron chi connectivity index (χ3n) is 22.4. The number of unbranched alkanes of at least 4 members (excludes halogenated alkanes) is 1. The van der Waals surface area contributed by atoms with Gasteiger partial charge in [0, 0.05) is 90.8 Å². The molecule has 122 heavy (non-hydrogen) atoms. The number of amides is 5. The van der Waals surface area contributed by atoms with Crippen LogP contribution in [0.4, 0.5) is 0 Å². The van der Waals surface area contributed by atoms with Crippen molar-refractivity contribution in [2.75, 3.05) is 13.2 Å². The first-order chi connectivity index (χ1) is 58.0. The molecule has 1 aromatic heterocycles. The summed E-state index contributed by atoms with van der Waals surface area (Å²) in [5.41, 5.74) is 3.60. The van der Waals surface area contributed by atoms with Crippen LogP contribution in [0.3, 0.4) is 0 Å². The number of carboxylic acid groups (broad SMARTS) is 1. The normalized spacial score (nSPS) is 26.4. The molecular weight excluding hydrogens is 1630 g/mol. The zero-order chi connectivity index (χ0) is 88.0. The number of carboxylic acids is 1. The van der Waals surface area contributed by atoms with Crippen LogP contribution in [0.5, 0.6) is 51.7 Å². The second-order valence-corrected chi connectivity index (χ2v) is 32.7. The summed E-state index contributed by atoms with van der Waals surface area (Å²) in [6, 6.07) is 14.4. The van der Waals surface area contributed by atoms with Crippen LogP contribution in [0.15, 0.2) is 122 Å². The molecule has 8 heterocycles. The quantitative estimate of drug-likeness (QED) is 0.0220. The Bertz CT molecular complexity index is 5120. The van der Waals surface area contributed by atoms with Crippen LogP contribution in [-0.4, -0.2) is 189 Å². The molecule has 7 aliphatic rings. The molecule has 17 N–H and O–H groups in total. The molecule has 3 unspecified atom stereocenters. The van der Waals surface area contributed by atoms with E-state index in [1.807, 2.05) is 26.0 Å². The number of hydrogen-bond donors (Lipinski definition) is 16. The third kappa shape index (κ3) is 20.4. The minimum Gasteiger partial charge on any atom is -0.508 e. The van der Waals surface area contributed by atoms with Crippen LogP contribution in [0.1, 0.15) is 172 Å². The van der Waals surface area contributed by atoms with Gasteiger partial charge in [-0.15, -0.1) is 0 Å². The molecule has 18 atom stereocenters. The van der Waals surface area contributed by atoms with Gasteiger partial charge in [0.2, 0.25) is 41.6 Å². The zero-order valence-electron chi connectivity index (χ0n) is 67.2. The van der Waals surface area contributed by atoms with E-state index in [1.54, 1.807) is 39.0 Å². The Labute approximate surface area is 710 Å². The highest BCUT2D eigenvalue weighted by molar-refractivity contribution is 6.32. The Balaban J connectivity index is 1.00. The van der Waals surface area contributed by atoms with Gasteiger partial charge in [0.05, 0.1) is 47.3 Å². The number of nitrogens with two attached hydrogens (primary N) is 1. The topological polar surface area (TPSA) is 520 Å². The van der Waals surface area contributed by atoms with Crippen LogP contribution in [0.2, 0.25) is 10.0 Å². The summed E-state index contributed by atoms with van der Waals surface area (Å²) < 4.78 is 45.5. The number of aliphatic hydroxyl groups is 6. The first-order valence-electron chi connectivity index (χ1n) is 39.9. The molecule has 2 fully saturated rings. The fourth-order valence-corrected chi connectivity index (χ4v) is 16.2. The maximum absolute atomic E-state index is 16.4. The SMILES string of the molecule is CCCCOc1ccc(CC(=O)c2cncc(CN[C@@]3(C)C[C@H](O[C@H]4C(Oc5c6cc7cc5Oc5ccc(cc5Cl)[C@@H](O)[C@@H](NC(=O)[C@H](CC)CC(C)C)C(=O)C[C@@H](CC(N)=O)C(=O)NC7C(=O)CC5C(=O)N[C@H](C(=O)N[C@@H](C(=O)O)c7cc(O)cc(O)c7-c7cc5ccc7O)[C@H](O)c5ccc(c(Cl)c5)O6)O[C@H](CO)[C@@H](O)[C@@H]4O)O[C@@H](C)[C@H]3O)c2)cc1. The second-order valence-electron chi connectivity index (χ2n) is 31.9. The third-order valence-corrected chi connectivity index (χ3v) is 23.0. The van der Waals surface area contributed by atoms with Gasteiger partial charge >= 0.3 is 5.97 Å². The van der Waals surface area contributed by atoms with Gasteiger partial charge in [0.15, 0.2) is 47.3 Å². The molecule has 6 aromatic carbocycles. The largest absolute Gasteiger partial charge is 0.508 e. The minimum absolute atomic E-state index is 0.0160. The van der Waals surface area contributed by atoms with E-state index >= 15 is 24.0 Å². The number of ether oxygens (including phenoxy) is 7. The van der Waals surface area contributed by atoms with E-state index in [2.05, 4.69) is 38.5 Å². The number of fused-ring (bicyclic) bond motifs is 15. The predicted octanol–water partition coefficient (Wildman–Crippen LogP) is 7.35. The fourth-order valence-electron chi connectivity index (χ4n) is 15.7. The number of aromatic nitrogens is 1. The summed E-state index contributed by atoms with van der Waals surface area (Å²) in [5, 5.41) is 130. The number of carbonyl (C=O) groups excluding carboxylic acids is 8. The molecule has 35 heteroatoms. The number of Topliss-reactive ketones (excluding diaryl/α,β-unsaturated/α-hetero) is 3. The number of carbonyl (C=O) groups is 9. The number of nitrogens with one attached hydrogen (secondary N) is 5. The van der Waals surface area contributed by atoms with Gasteiger partial charge in [0.25, 0.3) is 0 Å². The number of rotatable bonds is 23. The summed E-state index contributed by atoms with van der Waals surface area (Å²) in [6.07, 6.45) is -15.6. The number of ketones is 3. The number of aromatic hydroxyl groups is 3. The number of phenols is 3. The number of benzene rings is 6. The van der Waals surface area contributed by atoms with Crippen molar-refractivity contribution in [1.29, 1.82) is 0 Å². The Morgan fingerprint density at radius 2 is 1.39 bits per heavy atom. The summed E-state index contributed by atoms with van der Waals surface area (Å²) in [6.45, 7) is 10.3. The van der Waals surface area contributed by atoms with Crippen LogP contribution >= 0.6 is 23.2 Å². The molecule has 7 aliphatic heterocycles. The van der Waals surface area contributed by atoms with Gasteiger partial charge in [0.1, 0.15) is 83.1 Å². The van der Waals surface area contributed by atoms with Gasteiger partial charge in [-0.25, -0.2) is 4.79 Å². The number of primary amides is 1. The molecular formula is C87H97Cl2N7O26. The lowest BCUT2D eigenvalue weighted by molar-refractivity contribution is -0.334. The Hall–Kier alpha value is -10.9. The smallest absolute Gasteiger partial charge is 0.330 e. The fraction of sp³-hybridized carbons (Fsp3) is 0.425. The number of nitrogens with zero attached hydrogens (tertiary/aromatic N) is 1. The van der Waals surface area contributed by atoms with E-state index in [4.69, 9.17) is 62.1 Å². The Morgan fingerprint density at radius 3 is 2.02 bits per heavy atom. The highest BCUT2D eigenvalue weighted by atomic mass is 35.5. The van der Waals surface area contributed by atoms with Crippen molar-refractivity contribution >= 4 is 76.1 Å². The molecule has 650 valence electrons. The lowest BCUT2D eigenvalue weighted by Gasteiger charge is -2.48. The molecule has 0 aliphatic carbocycles. The Kier molecular flexibility index (Phi) is 28.6. The van der Waals surface area contributed by atoms with Gasteiger partial charge in [-0.3, -0.25) is 43.3 Å². The predicted molar refractivity (Wildman–Crippen MR) is 435 cm³/mol. The monoisotopic (exact) mass is 1730 g/mol. The van der Waals surface area contributed by atoms with Gasteiger partial charge in [-0.1, -0.05) is 87.6 Å². The highest BCUT2D eigenvalue weighted by Gasteiger charge is 2.52. The maximum Gasteiger partial charge on any atom is 0.330 e. The van der Waals surface area contributed by atoms with E-state index in [0.717, 1.165) is 73.0 Å². The highest BCUT2D eigenvalue weighted by Crippen LogP contribution is 2.51. The van der Waals surface area contributed by atoms with Gasteiger partial charge in [-0.2, -0.15) is 0 Å². The summed E-state index contributed by atoms with van der Waals surface area (Å²) >= 11 is 14.4. The lowest BCUT2D eigenvalue weighted by atomic mass is 9.84. The van der Waals surface area contributed by atoms with Crippen LogP contribution < -0.4 is 51.3 Å². The van der Waals surface area contributed by atoms with Crippen LogP contribution in [0, 0.1) is 17.8 Å². The molecule has 0 spiro atoms. The maximum atomic E-state index is 16.4. The van der Waals surface area contributed by atoms with Crippen LogP contribution in [0.25, 0.3) is 11.1 Å². The molecule has 14 rings (SSSR count). The standard InChI is InChI=1S/C87H97Cl2N7O26/c1-7-9-20-116-51-15-10-41(11-16-51)23-58(100)49-22-42(35-91-37-49)36-92-87(6)34-68(117-40(5)80(87)109)121-79-77(108)76(107)66(38-97)120-86(79)122-78-64-28-47-29-65(78)119-63-19-14-46(26-56(63)89)75(106)73-84(113)94-71(85(114)115)54-31-50(98)32-59(101)69(54)53-24-44(12-17-57(53)99)52(83(112)96-73)33-61(103)70(47)93-82(111)48(30-67(90)104)27-60(102)72(95-81(110)43(8-2)21-39(3)4)74(105)45-13-18-62(118-64)55(88)25-45/h10-19,22,24-26,28-29,31-32,35,37,39-40,43,48,52,66,68,70-77,79-80,86,92,97-99,101,105-109H,7-9,20-21,23,27,30,33-34,36,38H2,1-6H3,(H2,90,104)(H,93,111)(H,94,113)(H,95,110)(H,96,112)(H,114,115)/t40-,43+,48-,52?,66+,68-,70?,71+,72-,73-,74+,75+,76+,77-,79+,80+,86?,87-/m0/s1.